The lowest BCUT2D eigenvalue weighted by Gasteiger charge is -2.07. The zero-order valence-corrected chi connectivity index (χ0v) is 10.6. The van der Waals surface area contributed by atoms with Crippen LogP contribution in [-0.4, -0.2) is 18.2 Å². The molecule has 2 aromatic rings. The highest BCUT2D eigenvalue weighted by Crippen LogP contribution is 2.20. The number of rotatable bonds is 3. The highest BCUT2D eigenvalue weighted by Gasteiger charge is 2.21. The lowest BCUT2D eigenvalue weighted by Crippen LogP contribution is -2.15. The molecule has 0 aliphatic carbocycles. The number of hydrogen-bond acceptors (Lipinski definition) is 4. The minimum atomic E-state index is -4.05. The van der Waals surface area contributed by atoms with Gasteiger partial charge in [-0.15, -0.1) is 0 Å². The molecule has 19 heavy (non-hydrogen) atoms. The summed E-state index contributed by atoms with van der Waals surface area (Å²) in [6.07, 6.45) is 1.55. The van der Waals surface area contributed by atoms with Crippen molar-refractivity contribution in [2.45, 2.75) is 4.90 Å². The number of benzene rings is 1. The van der Waals surface area contributed by atoms with Crippen LogP contribution in [0.2, 0.25) is 0 Å². The van der Waals surface area contributed by atoms with Gasteiger partial charge in [-0.25, -0.2) is 12.8 Å². The Kier molecular flexibility index (Phi) is 3.23. The molecule has 0 unspecified atom stereocenters. The Labute approximate surface area is 109 Å². The van der Waals surface area contributed by atoms with Crippen LogP contribution < -0.4 is 4.72 Å². The number of nitrogens with one attached hydrogen (secondary N) is 1. The second-order valence-corrected chi connectivity index (χ2v) is 5.36. The first-order chi connectivity index (χ1) is 8.94. The average molecular weight is 280 g/mol. The molecule has 0 amide bonds. The largest absolute Gasteiger partial charge is 0.274 e. The Morgan fingerprint density at radius 2 is 2.16 bits per heavy atom. The number of nitriles is 1. The molecular weight excluding hydrogens is 271 g/mol. The zero-order chi connectivity index (χ0) is 14.0. The molecule has 0 saturated carbocycles. The first-order valence-corrected chi connectivity index (χ1v) is 6.63. The molecule has 0 aliphatic rings. The number of anilines is 1. The predicted octanol–water partition coefficient (Wildman–Crippen LogP) is 1.23. The van der Waals surface area contributed by atoms with Crippen molar-refractivity contribution in [1.29, 1.82) is 5.26 Å². The fraction of sp³-hybridized carbons (Fsp3) is 0.0909. The van der Waals surface area contributed by atoms with E-state index in [2.05, 4.69) is 9.82 Å². The normalized spacial score (nSPS) is 11.0. The van der Waals surface area contributed by atoms with E-state index >= 15 is 0 Å². The van der Waals surface area contributed by atoms with E-state index in [1.807, 2.05) is 0 Å². The number of hydrogen-bond donors (Lipinski definition) is 1. The Hall–Kier alpha value is -2.40. The van der Waals surface area contributed by atoms with Gasteiger partial charge in [-0.05, 0) is 12.1 Å². The van der Waals surface area contributed by atoms with Crippen LogP contribution in [-0.2, 0) is 17.1 Å². The van der Waals surface area contributed by atoms with E-state index < -0.39 is 26.3 Å². The third-order valence-corrected chi connectivity index (χ3v) is 3.73. The molecular formula is C11H9FN4O2S. The monoisotopic (exact) mass is 280 g/mol. The Morgan fingerprint density at radius 3 is 2.74 bits per heavy atom. The van der Waals surface area contributed by atoms with E-state index in [0.717, 1.165) is 12.1 Å². The van der Waals surface area contributed by atoms with Crippen LogP contribution in [0.1, 0.15) is 5.56 Å². The van der Waals surface area contributed by atoms with Crippen LogP contribution in [0.5, 0.6) is 0 Å². The van der Waals surface area contributed by atoms with Gasteiger partial charge >= 0.3 is 0 Å². The molecule has 0 spiro atoms. The molecule has 1 aromatic carbocycles. The van der Waals surface area contributed by atoms with Crippen molar-refractivity contribution < 1.29 is 12.8 Å². The van der Waals surface area contributed by atoms with Gasteiger partial charge in [0.25, 0.3) is 10.0 Å². The molecule has 8 heteroatoms. The predicted molar refractivity (Wildman–Crippen MR) is 65.1 cm³/mol. The Bertz CT molecular complexity index is 761. The van der Waals surface area contributed by atoms with Crippen LogP contribution in [0.3, 0.4) is 0 Å². The van der Waals surface area contributed by atoms with Gasteiger partial charge in [-0.1, -0.05) is 6.07 Å². The van der Waals surface area contributed by atoms with E-state index in [0.29, 0.717) is 0 Å². The quantitative estimate of drug-likeness (QED) is 0.916. The minimum absolute atomic E-state index is 0.0932. The van der Waals surface area contributed by atoms with Gasteiger partial charge in [0.2, 0.25) is 0 Å². The van der Waals surface area contributed by atoms with Crippen molar-refractivity contribution in [3.8, 4) is 6.07 Å². The molecule has 1 N–H and O–H groups in total. The van der Waals surface area contributed by atoms with Gasteiger partial charge in [-0.2, -0.15) is 10.4 Å². The number of nitrogens with zero attached hydrogens (tertiary/aromatic N) is 3. The lowest BCUT2D eigenvalue weighted by molar-refractivity contribution is 0.593. The maximum Gasteiger partial charge on any atom is 0.264 e. The van der Waals surface area contributed by atoms with Gasteiger partial charge in [-0.3, -0.25) is 9.40 Å². The SMILES string of the molecule is Cn1ccc(NS(=O)(=O)c2cccc(F)c2C#N)n1. The summed E-state index contributed by atoms with van der Waals surface area (Å²) < 4.78 is 41.1. The van der Waals surface area contributed by atoms with Crippen molar-refractivity contribution in [2.75, 3.05) is 4.72 Å². The van der Waals surface area contributed by atoms with Crippen molar-refractivity contribution in [1.82, 2.24) is 9.78 Å². The molecule has 0 bridgehead atoms. The first kappa shape index (κ1) is 13.0. The highest BCUT2D eigenvalue weighted by molar-refractivity contribution is 7.92. The van der Waals surface area contributed by atoms with E-state index in [1.165, 1.54) is 16.8 Å². The van der Waals surface area contributed by atoms with Crippen LogP contribution >= 0.6 is 0 Å². The van der Waals surface area contributed by atoms with Crippen LogP contribution in [0.15, 0.2) is 35.4 Å². The number of halogens is 1. The summed E-state index contributed by atoms with van der Waals surface area (Å²) in [6, 6.07) is 6.40. The molecule has 0 saturated heterocycles. The lowest BCUT2D eigenvalue weighted by atomic mass is 10.2. The van der Waals surface area contributed by atoms with Crippen molar-refractivity contribution in [3.63, 3.8) is 0 Å². The molecule has 0 radical (unpaired) electrons. The molecule has 2 rings (SSSR count). The van der Waals surface area contributed by atoms with E-state index in [-0.39, 0.29) is 5.82 Å². The van der Waals surface area contributed by atoms with Gasteiger partial charge in [0, 0.05) is 19.3 Å². The molecule has 1 heterocycles. The van der Waals surface area contributed by atoms with Crippen LogP contribution in [0.4, 0.5) is 10.2 Å². The van der Waals surface area contributed by atoms with Gasteiger partial charge < -0.3 is 0 Å². The summed E-state index contributed by atoms with van der Waals surface area (Å²) in [5.74, 6) is -0.790. The maximum atomic E-state index is 13.4. The van der Waals surface area contributed by atoms with Crippen LogP contribution in [0, 0.1) is 17.1 Å². The molecule has 0 atom stereocenters. The minimum Gasteiger partial charge on any atom is -0.274 e. The van der Waals surface area contributed by atoms with Crippen molar-refractivity contribution in [2.24, 2.45) is 7.05 Å². The fourth-order valence-electron chi connectivity index (χ4n) is 1.50. The number of sulfonamides is 1. The van der Waals surface area contributed by atoms with E-state index in [9.17, 15) is 12.8 Å². The van der Waals surface area contributed by atoms with E-state index in [1.54, 1.807) is 19.3 Å². The average Bonchev–Trinajstić information content (AvgIpc) is 2.73. The third kappa shape index (κ3) is 2.56. The second-order valence-electron chi connectivity index (χ2n) is 3.70. The summed E-state index contributed by atoms with van der Waals surface area (Å²) in [6.45, 7) is 0. The van der Waals surface area contributed by atoms with Crippen LogP contribution in [0.25, 0.3) is 0 Å². The van der Waals surface area contributed by atoms with Gasteiger partial charge in [0.1, 0.15) is 22.3 Å². The highest BCUT2D eigenvalue weighted by atomic mass is 32.2. The Morgan fingerprint density at radius 1 is 1.42 bits per heavy atom. The summed E-state index contributed by atoms with van der Waals surface area (Å²) in [7, 11) is -2.43. The van der Waals surface area contributed by atoms with Gasteiger partial charge in [0.15, 0.2) is 5.82 Å². The van der Waals surface area contributed by atoms with E-state index in [4.69, 9.17) is 5.26 Å². The first-order valence-electron chi connectivity index (χ1n) is 5.15. The number of aryl methyl sites for hydroxylation is 1. The zero-order valence-electron chi connectivity index (χ0n) is 9.83. The van der Waals surface area contributed by atoms with Crippen molar-refractivity contribution >= 4 is 15.8 Å². The molecule has 1 aromatic heterocycles. The molecule has 0 aliphatic heterocycles. The summed E-state index contributed by atoms with van der Waals surface area (Å²) in [4.78, 5) is -0.416. The summed E-state index contributed by atoms with van der Waals surface area (Å²) in [5, 5.41) is 12.7. The maximum absolute atomic E-state index is 13.4. The summed E-state index contributed by atoms with van der Waals surface area (Å²) >= 11 is 0. The number of aromatic nitrogens is 2. The second kappa shape index (κ2) is 4.70. The Balaban J connectivity index is 2.46. The van der Waals surface area contributed by atoms with Crippen molar-refractivity contribution in [3.05, 3.63) is 41.8 Å². The summed E-state index contributed by atoms with van der Waals surface area (Å²) in [5.41, 5.74) is -0.522. The van der Waals surface area contributed by atoms with Gasteiger partial charge in [0.05, 0.1) is 0 Å². The fourth-order valence-corrected chi connectivity index (χ4v) is 2.66. The third-order valence-electron chi connectivity index (χ3n) is 2.33. The molecule has 0 fully saturated rings. The topological polar surface area (TPSA) is 87.8 Å². The standard InChI is InChI=1S/C11H9FN4O2S/c1-16-6-5-11(14-16)15-19(17,18)10-4-2-3-9(12)8(10)7-13/h2-6H,1H3,(H,14,15). The smallest absolute Gasteiger partial charge is 0.264 e. The molecule has 98 valence electrons. The molecule has 6 nitrogen and oxygen atoms in total.